The number of likely N-dealkylation sites (tertiary alicyclic amines) is 1. The molecule has 5 nitrogen and oxygen atoms in total. The Balaban J connectivity index is 1.59. The highest BCUT2D eigenvalue weighted by atomic mass is 19.1. The lowest BCUT2D eigenvalue weighted by Crippen LogP contribution is -2.47. The summed E-state index contributed by atoms with van der Waals surface area (Å²) in [4.78, 5) is 26.0. The van der Waals surface area contributed by atoms with E-state index in [1.165, 1.54) is 22.8 Å². The van der Waals surface area contributed by atoms with Gasteiger partial charge in [-0.05, 0) is 36.6 Å². The fraction of sp³-hybridized carbons (Fsp3) is 0.400. The molecule has 138 valence electrons. The molecule has 1 aromatic heterocycles. The molecular weight excluding hydrogens is 335 g/mol. The number of amides is 1. The minimum absolute atomic E-state index is 0.0307. The Labute approximate surface area is 151 Å². The van der Waals surface area contributed by atoms with Crippen molar-refractivity contribution in [1.29, 1.82) is 0 Å². The van der Waals surface area contributed by atoms with Crippen molar-refractivity contribution in [2.75, 3.05) is 13.1 Å². The number of hydrogen-bond acceptors (Lipinski definition) is 3. The Morgan fingerprint density at radius 3 is 2.85 bits per heavy atom. The molecule has 2 atom stereocenters. The average molecular weight is 358 g/mol. The predicted octanol–water partition coefficient (Wildman–Crippen LogP) is 1.83. The van der Waals surface area contributed by atoms with E-state index in [1.807, 2.05) is 6.07 Å². The van der Waals surface area contributed by atoms with Crippen molar-refractivity contribution in [2.45, 2.75) is 31.9 Å². The molecule has 26 heavy (non-hydrogen) atoms. The number of aliphatic hydroxyl groups excluding tert-OH is 1. The van der Waals surface area contributed by atoms with Gasteiger partial charge in [0.05, 0.1) is 6.10 Å². The van der Waals surface area contributed by atoms with Crippen LogP contribution >= 0.6 is 0 Å². The third-order valence-electron chi connectivity index (χ3n) is 4.90. The van der Waals surface area contributed by atoms with Crippen LogP contribution < -0.4 is 5.56 Å². The van der Waals surface area contributed by atoms with Crippen LogP contribution in [0.2, 0.25) is 0 Å². The van der Waals surface area contributed by atoms with Crippen LogP contribution in [0.4, 0.5) is 4.39 Å². The van der Waals surface area contributed by atoms with Crippen LogP contribution in [-0.4, -0.2) is 39.7 Å². The molecule has 1 amide bonds. The minimum atomic E-state index is -0.501. The van der Waals surface area contributed by atoms with Gasteiger partial charge in [-0.1, -0.05) is 18.2 Å². The van der Waals surface area contributed by atoms with Crippen molar-refractivity contribution in [2.24, 2.45) is 5.92 Å². The molecule has 0 radical (unpaired) electrons. The molecule has 1 aliphatic rings. The fourth-order valence-corrected chi connectivity index (χ4v) is 3.43. The number of rotatable bonds is 5. The summed E-state index contributed by atoms with van der Waals surface area (Å²) in [6.07, 6.45) is 2.45. The second-order valence-electron chi connectivity index (χ2n) is 6.77. The monoisotopic (exact) mass is 358 g/mol. The van der Waals surface area contributed by atoms with Crippen molar-refractivity contribution in [3.05, 3.63) is 70.4 Å². The third kappa shape index (κ3) is 4.58. The molecular formula is C20H23FN2O3. The van der Waals surface area contributed by atoms with Gasteiger partial charge >= 0.3 is 0 Å². The Morgan fingerprint density at radius 1 is 1.23 bits per heavy atom. The molecule has 0 saturated carbocycles. The first-order valence-corrected chi connectivity index (χ1v) is 8.88. The van der Waals surface area contributed by atoms with E-state index in [4.69, 9.17) is 0 Å². The molecule has 0 unspecified atom stereocenters. The van der Waals surface area contributed by atoms with Crippen molar-refractivity contribution < 1.29 is 14.3 Å². The Hall–Kier alpha value is -2.47. The fourth-order valence-electron chi connectivity index (χ4n) is 3.43. The van der Waals surface area contributed by atoms with Crippen LogP contribution in [0.3, 0.4) is 0 Å². The SMILES string of the molecule is O=C(CCn1ccccc1=O)N1CC[C@H](O)[C@H](Cc2cccc(F)c2)C1. The highest BCUT2D eigenvalue weighted by Crippen LogP contribution is 2.22. The highest BCUT2D eigenvalue weighted by Gasteiger charge is 2.30. The average Bonchev–Trinajstić information content (AvgIpc) is 2.63. The maximum absolute atomic E-state index is 13.4. The van der Waals surface area contributed by atoms with Gasteiger partial charge in [0.25, 0.3) is 5.56 Å². The lowest BCUT2D eigenvalue weighted by atomic mass is 9.88. The van der Waals surface area contributed by atoms with Crippen molar-refractivity contribution in [3.63, 3.8) is 0 Å². The molecule has 0 spiro atoms. The molecule has 0 aliphatic carbocycles. The maximum Gasteiger partial charge on any atom is 0.250 e. The van der Waals surface area contributed by atoms with E-state index < -0.39 is 6.10 Å². The van der Waals surface area contributed by atoms with E-state index in [2.05, 4.69) is 0 Å². The predicted molar refractivity (Wildman–Crippen MR) is 96.1 cm³/mol. The maximum atomic E-state index is 13.4. The molecule has 3 rings (SSSR count). The summed E-state index contributed by atoms with van der Waals surface area (Å²) in [6.45, 7) is 1.29. The first-order valence-electron chi connectivity index (χ1n) is 8.88. The van der Waals surface area contributed by atoms with Gasteiger partial charge in [-0.15, -0.1) is 0 Å². The zero-order chi connectivity index (χ0) is 18.5. The summed E-state index contributed by atoms with van der Waals surface area (Å²) in [5.41, 5.74) is 0.692. The summed E-state index contributed by atoms with van der Waals surface area (Å²) in [5.74, 6) is -0.445. The van der Waals surface area contributed by atoms with E-state index in [0.29, 0.717) is 32.5 Å². The van der Waals surface area contributed by atoms with Gasteiger partial charge in [0, 0.05) is 44.2 Å². The summed E-state index contributed by atoms with van der Waals surface area (Å²) in [6, 6.07) is 11.2. The first kappa shape index (κ1) is 18.3. The second kappa shape index (κ2) is 8.27. The number of pyridine rings is 1. The number of aryl methyl sites for hydroxylation is 1. The molecule has 1 fully saturated rings. The first-order chi connectivity index (χ1) is 12.5. The van der Waals surface area contributed by atoms with Crippen LogP contribution in [0.25, 0.3) is 0 Å². The zero-order valence-corrected chi connectivity index (χ0v) is 14.6. The number of halogens is 1. The van der Waals surface area contributed by atoms with E-state index in [9.17, 15) is 19.1 Å². The number of benzene rings is 1. The van der Waals surface area contributed by atoms with Gasteiger partial charge in [-0.2, -0.15) is 0 Å². The summed E-state index contributed by atoms with van der Waals surface area (Å²) in [7, 11) is 0. The number of nitrogens with zero attached hydrogens (tertiary/aromatic N) is 2. The van der Waals surface area contributed by atoms with Crippen LogP contribution in [0, 0.1) is 11.7 Å². The van der Waals surface area contributed by atoms with Gasteiger partial charge in [0.2, 0.25) is 5.91 Å². The van der Waals surface area contributed by atoms with Crippen molar-refractivity contribution in [1.82, 2.24) is 9.47 Å². The van der Waals surface area contributed by atoms with Crippen LogP contribution in [0.1, 0.15) is 18.4 Å². The number of aliphatic hydroxyl groups is 1. The number of aromatic nitrogens is 1. The number of hydrogen-bond donors (Lipinski definition) is 1. The molecule has 1 aromatic carbocycles. The van der Waals surface area contributed by atoms with Crippen molar-refractivity contribution >= 4 is 5.91 Å². The number of carbonyl (C=O) groups is 1. The largest absolute Gasteiger partial charge is 0.393 e. The normalized spacial score (nSPS) is 20.2. The van der Waals surface area contributed by atoms with Crippen LogP contribution in [0.15, 0.2) is 53.5 Å². The molecule has 2 aromatic rings. The van der Waals surface area contributed by atoms with Crippen molar-refractivity contribution in [3.8, 4) is 0 Å². The lowest BCUT2D eigenvalue weighted by Gasteiger charge is -2.36. The summed E-state index contributed by atoms with van der Waals surface area (Å²) in [5, 5.41) is 10.3. The smallest absolute Gasteiger partial charge is 0.250 e. The Morgan fingerprint density at radius 2 is 2.08 bits per heavy atom. The van der Waals surface area contributed by atoms with Gasteiger partial charge in [-0.25, -0.2) is 4.39 Å². The summed E-state index contributed by atoms with van der Waals surface area (Å²) < 4.78 is 14.9. The van der Waals surface area contributed by atoms with Gasteiger partial charge < -0.3 is 14.6 Å². The zero-order valence-electron chi connectivity index (χ0n) is 14.6. The molecule has 0 bridgehead atoms. The van der Waals surface area contributed by atoms with E-state index in [0.717, 1.165) is 5.56 Å². The van der Waals surface area contributed by atoms with Crippen LogP contribution in [-0.2, 0) is 17.8 Å². The van der Waals surface area contributed by atoms with E-state index >= 15 is 0 Å². The molecule has 2 heterocycles. The quantitative estimate of drug-likeness (QED) is 0.887. The highest BCUT2D eigenvalue weighted by molar-refractivity contribution is 5.76. The number of piperidine rings is 1. The Bertz CT molecular complexity index is 820. The van der Waals surface area contributed by atoms with E-state index in [-0.39, 0.29) is 29.6 Å². The number of carbonyl (C=O) groups excluding carboxylic acids is 1. The molecule has 1 saturated heterocycles. The molecule has 1 aliphatic heterocycles. The van der Waals surface area contributed by atoms with Crippen LogP contribution in [0.5, 0.6) is 0 Å². The van der Waals surface area contributed by atoms with E-state index in [1.54, 1.807) is 29.3 Å². The lowest BCUT2D eigenvalue weighted by molar-refractivity contribution is -0.135. The second-order valence-corrected chi connectivity index (χ2v) is 6.77. The molecule has 1 N–H and O–H groups in total. The Kier molecular flexibility index (Phi) is 5.83. The third-order valence-corrected chi connectivity index (χ3v) is 4.90. The standard InChI is InChI=1S/C20H23FN2O3/c21-17-5-3-4-15(13-17)12-16-14-23(10-7-18(16)24)20(26)8-11-22-9-2-1-6-19(22)25/h1-6,9,13,16,18,24H,7-8,10-12,14H2/t16-,18+/m1/s1. The topological polar surface area (TPSA) is 62.5 Å². The van der Waals surface area contributed by atoms with Gasteiger partial charge in [0.1, 0.15) is 5.82 Å². The minimum Gasteiger partial charge on any atom is -0.393 e. The molecule has 6 heteroatoms. The van der Waals surface area contributed by atoms with Gasteiger partial charge in [-0.3, -0.25) is 9.59 Å². The van der Waals surface area contributed by atoms with Gasteiger partial charge in [0.15, 0.2) is 0 Å². The summed E-state index contributed by atoms with van der Waals surface area (Å²) >= 11 is 0.